The summed E-state index contributed by atoms with van der Waals surface area (Å²) in [5.41, 5.74) is 1.56. The molecule has 6 heteroatoms. The van der Waals surface area contributed by atoms with Gasteiger partial charge in [0.25, 0.3) is 5.91 Å². The van der Waals surface area contributed by atoms with Gasteiger partial charge in [0.05, 0.1) is 18.6 Å². The van der Waals surface area contributed by atoms with Gasteiger partial charge >= 0.3 is 0 Å². The molecule has 3 aromatic rings. The molecule has 134 valence electrons. The number of nitrogens with zero attached hydrogens (tertiary/aromatic N) is 5. The van der Waals surface area contributed by atoms with Crippen LogP contribution in [0, 0.1) is 0 Å². The summed E-state index contributed by atoms with van der Waals surface area (Å²) in [7, 11) is 0. The van der Waals surface area contributed by atoms with E-state index in [1.54, 1.807) is 12.5 Å². The van der Waals surface area contributed by atoms with Crippen molar-refractivity contribution < 1.29 is 4.79 Å². The van der Waals surface area contributed by atoms with Crippen molar-refractivity contribution in [2.45, 2.75) is 32.2 Å². The van der Waals surface area contributed by atoms with Gasteiger partial charge in [-0.25, -0.2) is 9.97 Å². The lowest BCUT2D eigenvalue weighted by Crippen LogP contribution is -2.41. The maximum Gasteiger partial charge on any atom is 0.272 e. The predicted octanol–water partition coefficient (Wildman–Crippen LogP) is 3.11. The monoisotopic (exact) mass is 349 g/mol. The topological polar surface area (TPSA) is 56.0 Å². The van der Waals surface area contributed by atoms with Crippen molar-refractivity contribution in [2.75, 3.05) is 13.1 Å². The summed E-state index contributed by atoms with van der Waals surface area (Å²) in [6.45, 7) is 3.61. The van der Waals surface area contributed by atoms with Crippen LogP contribution in [0.1, 0.15) is 42.1 Å². The van der Waals surface area contributed by atoms with E-state index in [4.69, 9.17) is 0 Å². The Balaban J connectivity index is 1.57. The van der Waals surface area contributed by atoms with E-state index < -0.39 is 0 Å². The fourth-order valence-corrected chi connectivity index (χ4v) is 3.73. The Kier molecular flexibility index (Phi) is 4.56. The van der Waals surface area contributed by atoms with Crippen LogP contribution in [0.15, 0.2) is 55.2 Å². The summed E-state index contributed by atoms with van der Waals surface area (Å²) in [6, 6.07) is 10.1. The standard InChI is InChI=1S/C20H23N5O/c1-2-19-22-10-12-24(19)17-9-6-11-23(14-17)20(26)18-13-21-15-25(18)16-7-4-3-5-8-16/h3-5,7-8,10,12-13,15,17H,2,6,9,11,14H2,1H3/t17-/m0/s1. The molecule has 0 N–H and O–H groups in total. The number of aryl methyl sites for hydroxylation is 1. The summed E-state index contributed by atoms with van der Waals surface area (Å²) < 4.78 is 4.09. The molecular formula is C20H23N5O. The second kappa shape index (κ2) is 7.15. The minimum atomic E-state index is 0.0363. The van der Waals surface area contributed by atoms with E-state index in [9.17, 15) is 4.79 Å². The molecule has 1 aromatic carbocycles. The number of imidazole rings is 2. The van der Waals surface area contributed by atoms with Crippen molar-refractivity contribution in [2.24, 2.45) is 0 Å². The van der Waals surface area contributed by atoms with Gasteiger partial charge in [0.1, 0.15) is 11.5 Å². The van der Waals surface area contributed by atoms with Crippen molar-refractivity contribution in [1.82, 2.24) is 24.0 Å². The van der Waals surface area contributed by atoms with E-state index in [0.29, 0.717) is 18.3 Å². The number of carbonyl (C=O) groups is 1. The molecule has 0 unspecified atom stereocenters. The van der Waals surface area contributed by atoms with Crippen LogP contribution in [0.5, 0.6) is 0 Å². The lowest BCUT2D eigenvalue weighted by atomic mass is 10.0. The minimum absolute atomic E-state index is 0.0363. The number of benzene rings is 1. The first-order chi connectivity index (χ1) is 12.8. The first-order valence-corrected chi connectivity index (χ1v) is 9.16. The fourth-order valence-electron chi connectivity index (χ4n) is 3.73. The van der Waals surface area contributed by atoms with E-state index in [-0.39, 0.29) is 5.91 Å². The maximum atomic E-state index is 13.2. The Hall–Kier alpha value is -2.89. The molecule has 1 atom stereocenters. The average Bonchev–Trinajstić information content (AvgIpc) is 3.37. The largest absolute Gasteiger partial charge is 0.335 e. The van der Waals surface area contributed by atoms with Crippen LogP contribution >= 0.6 is 0 Å². The first kappa shape index (κ1) is 16.6. The zero-order chi connectivity index (χ0) is 17.9. The third-order valence-corrected chi connectivity index (χ3v) is 5.03. The molecular weight excluding hydrogens is 326 g/mol. The normalized spacial score (nSPS) is 17.4. The maximum absolute atomic E-state index is 13.2. The molecule has 0 spiro atoms. The van der Waals surface area contributed by atoms with Gasteiger partial charge in [0.15, 0.2) is 0 Å². The molecule has 1 aliphatic heterocycles. The molecule has 26 heavy (non-hydrogen) atoms. The zero-order valence-electron chi connectivity index (χ0n) is 15.0. The molecule has 0 saturated carbocycles. The lowest BCUT2D eigenvalue weighted by molar-refractivity contribution is 0.0670. The number of amides is 1. The zero-order valence-corrected chi connectivity index (χ0v) is 15.0. The van der Waals surface area contributed by atoms with E-state index in [0.717, 1.165) is 37.3 Å². The molecule has 4 rings (SSSR count). The van der Waals surface area contributed by atoms with Crippen LogP contribution in [-0.4, -0.2) is 43.0 Å². The van der Waals surface area contributed by atoms with Crippen LogP contribution in [0.2, 0.25) is 0 Å². The summed E-state index contributed by atoms with van der Waals surface area (Å²) in [5, 5.41) is 0. The van der Waals surface area contributed by atoms with Gasteiger partial charge in [-0.05, 0) is 25.0 Å². The van der Waals surface area contributed by atoms with Gasteiger partial charge in [0, 0.05) is 37.6 Å². The van der Waals surface area contributed by atoms with E-state index >= 15 is 0 Å². The van der Waals surface area contributed by atoms with Gasteiger partial charge in [-0.3, -0.25) is 9.36 Å². The molecule has 1 aliphatic rings. The Morgan fingerprint density at radius 2 is 2.12 bits per heavy atom. The van der Waals surface area contributed by atoms with E-state index in [2.05, 4.69) is 21.5 Å². The van der Waals surface area contributed by atoms with Gasteiger partial charge in [0.2, 0.25) is 0 Å². The molecule has 1 amide bonds. The highest BCUT2D eigenvalue weighted by Crippen LogP contribution is 2.24. The number of carbonyl (C=O) groups excluding carboxylic acids is 1. The second-order valence-electron chi connectivity index (χ2n) is 6.64. The highest BCUT2D eigenvalue weighted by molar-refractivity contribution is 5.93. The Morgan fingerprint density at radius 1 is 1.27 bits per heavy atom. The Morgan fingerprint density at radius 3 is 2.92 bits per heavy atom. The van der Waals surface area contributed by atoms with Crippen LogP contribution < -0.4 is 0 Å². The molecule has 0 radical (unpaired) electrons. The van der Waals surface area contributed by atoms with E-state index in [1.165, 1.54) is 0 Å². The molecule has 2 aromatic heterocycles. The van der Waals surface area contributed by atoms with Crippen molar-refractivity contribution in [3.63, 3.8) is 0 Å². The average molecular weight is 349 g/mol. The van der Waals surface area contributed by atoms with Crippen molar-refractivity contribution >= 4 is 5.91 Å². The smallest absolute Gasteiger partial charge is 0.272 e. The third-order valence-electron chi connectivity index (χ3n) is 5.03. The SMILES string of the molecule is CCc1nccn1[C@H]1CCCN(C(=O)c2cncn2-c2ccccc2)C1. The number of hydrogen-bond acceptors (Lipinski definition) is 3. The summed E-state index contributed by atoms with van der Waals surface area (Å²) in [5.74, 6) is 1.12. The third kappa shape index (κ3) is 3.03. The number of hydrogen-bond donors (Lipinski definition) is 0. The second-order valence-corrected chi connectivity index (χ2v) is 6.64. The molecule has 1 saturated heterocycles. The predicted molar refractivity (Wildman–Crippen MR) is 99.3 cm³/mol. The fraction of sp³-hybridized carbons (Fsp3) is 0.350. The van der Waals surface area contributed by atoms with Crippen LogP contribution in [0.25, 0.3) is 5.69 Å². The lowest BCUT2D eigenvalue weighted by Gasteiger charge is -2.34. The van der Waals surface area contributed by atoms with Gasteiger partial charge in [-0.1, -0.05) is 25.1 Å². The summed E-state index contributed by atoms with van der Waals surface area (Å²) >= 11 is 0. The van der Waals surface area contributed by atoms with Crippen molar-refractivity contribution in [3.05, 3.63) is 66.8 Å². The first-order valence-electron chi connectivity index (χ1n) is 9.16. The number of rotatable bonds is 4. The Labute approximate surface area is 153 Å². The van der Waals surface area contributed by atoms with Crippen molar-refractivity contribution in [3.8, 4) is 5.69 Å². The van der Waals surface area contributed by atoms with Crippen LogP contribution in [0.3, 0.4) is 0 Å². The molecule has 6 nitrogen and oxygen atoms in total. The number of para-hydroxylation sites is 1. The minimum Gasteiger partial charge on any atom is -0.335 e. The molecule has 1 fully saturated rings. The van der Waals surface area contributed by atoms with Crippen molar-refractivity contribution in [1.29, 1.82) is 0 Å². The quantitative estimate of drug-likeness (QED) is 0.727. The number of piperidine rings is 1. The van der Waals surface area contributed by atoms with Crippen LogP contribution in [0.4, 0.5) is 0 Å². The highest BCUT2D eigenvalue weighted by atomic mass is 16.2. The van der Waals surface area contributed by atoms with Crippen LogP contribution in [-0.2, 0) is 6.42 Å². The number of likely N-dealkylation sites (tertiary alicyclic amines) is 1. The summed E-state index contributed by atoms with van der Waals surface area (Å²) in [6.07, 6.45) is 10.2. The molecule has 0 bridgehead atoms. The Bertz CT molecular complexity index is 883. The number of aromatic nitrogens is 4. The summed E-state index contributed by atoms with van der Waals surface area (Å²) in [4.78, 5) is 23.8. The van der Waals surface area contributed by atoms with E-state index in [1.807, 2.05) is 52.2 Å². The van der Waals surface area contributed by atoms with Gasteiger partial charge in [-0.15, -0.1) is 0 Å². The van der Waals surface area contributed by atoms with Gasteiger partial charge in [-0.2, -0.15) is 0 Å². The molecule has 0 aliphatic carbocycles. The highest BCUT2D eigenvalue weighted by Gasteiger charge is 2.28. The van der Waals surface area contributed by atoms with Gasteiger partial charge < -0.3 is 9.47 Å². The molecule has 3 heterocycles.